The second-order valence-electron chi connectivity index (χ2n) is 7.47. The smallest absolute Gasteiger partial charge is 0.254 e. The molecule has 5 rings (SSSR count). The maximum absolute atomic E-state index is 13.2. The molecule has 4 aromatic rings. The van der Waals surface area contributed by atoms with Gasteiger partial charge in [-0.25, -0.2) is 4.98 Å². The third-order valence-corrected chi connectivity index (χ3v) is 6.45. The zero-order chi connectivity index (χ0) is 19.8. The van der Waals surface area contributed by atoms with Crippen LogP contribution in [0.4, 0.5) is 0 Å². The lowest BCUT2D eigenvalue weighted by molar-refractivity contribution is 0.0630. The van der Waals surface area contributed by atoms with Crippen LogP contribution in [0.2, 0.25) is 0 Å². The van der Waals surface area contributed by atoms with Gasteiger partial charge in [0.05, 0.1) is 27.8 Å². The van der Waals surface area contributed by atoms with E-state index in [1.54, 1.807) is 11.3 Å². The topological polar surface area (TPSA) is 49.3 Å². The van der Waals surface area contributed by atoms with E-state index in [9.17, 15) is 4.79 Å². The Balaban J connectivity index is 1.29. The Labute approximate surface area is 173 Å². The van der Waals surface area contributed by atoms with Crippen LogP contribution < -0.4 is 0 Å². The Morgan fingerprint density at radius 3 is 2.48 bits per heavy atom. The molecule has 2 aromatic carbocycles. The predicted molar refractivity (Wildman–Crippen MR) is 117 cm³/mol. The van der Waals surface area contributed by atoms with Crippen molar-refractivity contribution in [3.63, 3.8) is 0 Å². The van der Waals surface area contributed by atoms with Crippen LogP contribution in [0.3, 0.4) is 0 Å². The van der Waals surface area contributed by atoms with Gasteiger partial charge in [0.2, 0.25) is 0 Å². The van der Waals surface area contributed by atoms with Gasteiger partial charge in [0.1, 0.15) is 5.01 Å². The molecule has 1 aliphatic rings. The fourth-order valence-corrected chi connectivity index (χ4v) is 4.95. The molecule has 1 aliphatic heterocycles. The fraction of sp³-hybridized carbons (Fsp3) is 0.261. The molecule has 0 unspecified atom stereocenters. The molecule has 6 heteroatoms. The molecular formula is C23H22N4OS. The molecule has 0 saturated carbocycles. The van der Waals surface area contributed by atoms with Crippen LogP contribution >= 0.6 is 11.3 Å². The number of carbonyl (C=O) groups excluding carboxylic acids is 1. The minimum absolute atomic E-state index is 0.103. The van der Waals surface area contributed by atoms with E-state index < -0.39 is 0 Å². The summed E-state index contributed by atoms with van der Waals surface area (Å²) in [4.78, 5) is 26.9. The average molecular weight is 403 g/mol. The third-order valence-electron chi connectivity index (χ3n) is 5.43. The van der Waals surface area contributed by atoms with Crippen molar-refractivity contribution in [3.05, 3.63) is 70.9 Å². The van der Waals surface area contributed by atoms with Crippen LogP contribution in [0.15, 0.2) is 54.6 Å². The maximum Gasteiger partial charge on any atom is 0.254 e. The molecule has 0 radical (unpaired) electrons. The number of fused-ring (bicyclic) bond motifs is 2. The van der Waals surface area contributed by atoms with Crippen LogP contribution in [0.1, 0.15) is 21.1 Å². The normalized spacial score (nSPS) is 15.3. The van der Waals surface area contributed by atoms with E-state index in [2.05, 4.69) is 28.1 Å². The number of hydrogen-bond acceptors (Lipinski definition) is 5. The summed E-state index contributed by atoms with van der Waals surface area (Å²) in [6.45, 7) is 5.99. The van der Waals surface area contributed by atoms with Crippen molar-refractivity contribution >= 4 is 38.4 Å². The number of nitrogens with zero attached hydrogens (tertiary/aromatic N) is 4. The second-order valence-corrected chi connectivity index (χ2v) is 8.59. The second kappa shape index (κ2) is 7.54. The number of hydrogen-bond donors (Lipinski definition) is 0. The van der Waals surface area contributed by atoms with Crippen LogP contribution in [-0.2, 0) is 6.54 Å². The Morgan fingerprint density at radius 2 is 1.69 bits per heavy atom. The minimum atomic E-state index is 0.103. The first-order chi connectivity index (χ1) is 14.2. The molecule has 0 aliphatic carbocycles. The van der Waals surface area contributed by atoms with Crippen molar-refractivity contribution in [2.75, 3.05) is 26.2 Å². The largest absolute Gasteiger partial charge is 0.336 e. The molecule has 29 heavy (non-hydrogen) atoms. The van der Waals surface area contributed by atoms with Gasteiger partial charge in [-0.2, -0.15) is 0 Å². The molecular weight excluding hydrogens is 380 g/mol. The first-order valence-corrected chi connectivity index (χ1v) is 10.7. The van der Waals surface area contributed by atoms with E-state index in [1.807, 2.05) is 48.2 Å². The summed E-state index contributed by atoms with van der Waals surface area (Å²) in [5.41, 5.74) is 3.58. The molecule has 1 amide bonds. The number of pyridine rings is 1. The van der Waals surface area contributed by atoms with E-state index in [4.69, 9.17) is 4.98 Å². The van der Waals surface area contributed by atoms with E-state index in [-0.39, 0.29) is 5.91 Å². The van der Waals surface area contributed by atoms with E-state index in [1.165, 1.54) is 4.70 Å². The first kappa shape index (κ1) is 18.2. The van der Waals surface area contributed by atoms with Crippen molar-refractivity contribution < 1.29 is 4.79 Å². The van der Waals surface area contributed by atoms with E-state index >= 15 is 0 Å². The number of aryl methyl sites for hydroxylation is 1. The lowest BCUT2D eigenvalue weighted by Gasteiger charge is -2.34. The molecule has 1 fully saturated rings. The van der Waals surface area contributed by atoms with Gasteiger partial charge >= 0.3 is 0 Å². The molecule has 1 saturated heterocycles. The summed E-state index contributed by atoms with van der Waals surface area (Å²) in [5, 5.41) is 2.07. The van der Waals surface area contributed by atoms with Gasteiger partial charge in [-0.3, -0.25) is 14.7 Å². The summed E-state index contributed by atoms with van der Waals surface area (Å²) in [5.74, 6) is 0.103. The van der Waals surface area contributed by atoms with E-state index in [0.717, 1.165) is 65.4 Å². The molecule has 2 aromatic heterocycles. The van der Waals surface area contributed by atoms with Crippen molar-refractivity contribution in [2.24, 2.45) is 0 Å². The molecule has 3 heterocycles. The number of thiazole rings is 1. The number of piperazine rings is 1. The number of rotatable bonds is 3. The molecule has 0 atom stereocenters. The summed E-state index contributed by atoms with van der Waals surface area (Å²) < 4.78 is 1.23. The first-order valence-electron chi connectivity index (χ1n) is 9.90. The zero-order valence-electron chi connectivity index (χ0n) is 16.3. The average Bonchev–Trinajstić information content (AvgIpc) is 3.15. The van der Waals surface area contributed by atoms with Gasteiger partial charge in [0, 0.05) is 37.3 Å². The van der Waals surface area contributed by atoms with E-state index in [0.29, 0.717) is 0 Å². The molecule has 5 nitrogen and oxygen atoms in total. The van der Waals surface area contributed by atoms with Crippen molar-refractivity contribution in [1.82, 2.24) is 19.8 Å². The highest BCUT2D eigenvalue weighted by Gasteiger charge is 2.24. The van der Waals surface area contributed by atoms with Crippen molar-refractivity contribution in [2.45, 2.75) is 13.5 Å². The Kier molecular flexibility index (Phi) is 4.73. The highest BCUT2D eigenvalue weighted by Crippen LogP contribution is 2.24. The van der Waals surface area contributed by atoms with Crippen LogP contribution in [0.25, 0.3) is 21.1 Å². The number of aromatic nitrogens is 2. The Hall–Kier alpha value is -2.83. The number of amides is 1. The summed E-state index contributed by atoms with van der Waals surface area (Å²) >= 11 is 1.76. The van der Waals surface area contributed by atoms with Crippen molar-refractivity contribution in [3.8, 4) is 0 Å². The fourth-order valence-electron chi connectivity index (χ4n) is 3.94. The molecule has 0 spiro atoms. The monoisotopic (exact) mass is 402 g/mol. The summed E-state index contributed by atoms with van der Waals surface area (Å²) in [7, 11) is 0. The predicted octanol–water partition coefficient (Wildman–Crippen LogP) is 4.11. The quantitative estimate of drug-likeness (QED) is 0.517. The van der Waals surface area contributed by atoms with Crippen LogP contribution in [-0.4, -0.2) is 51.9 Å². The Morgan fingerprint density at radius 1 is 0.966 bits per heavy atom. The highest BCUT2D eigenvalue weighted by atomic mass is 32.1. The lowest BCUT2D eigenvalue weighted by atomic mass is 10.1. The van der Waals surface area contributed by atoms with Gasteiger partial charge < -0.3 is 4.90 Å². The van der Waals surface area contributed by atoms with Gasteiger partial charge in [-0.15, -0.1) is 11.3 Å². The van der Waals surface area contributed by atoms with Crippen LogP contribution in [0.5, 0.6) is 0 Å². The van der Waals surface area contributed by atoms with Crippen molar-refractivity contribution in [1.29, 1.82) is 0 Å². The number of benzene rings is 2. The lowest BCUT2D eigenvalue weighted by Crippen LogP contribution is -2.48. The molecule has 0 N–H and O–H groups in total. The Bertz CT molecular complexity index is 1160. The minimum Gasteiger partial charge on any atom is -0.336 e. The summed E-state index contributed by atoms with van der Waals surface area (Å²) in [6.07, 6.45) is 0. The SMILES string of the molecule is Cc1cc(C(=O)N2CCN(Cc3nc4ccccc4s3)CC2)c2ccccc2n1. The van der Waals surface area contributed by atoms with Gasteiger partial charge in [0.25, 0.3) is 5.91 Å². The standard InChI is InChI=1S/C23H22N4OS/c1-16-14-18(17-6-2-3-7-19(17)24-16)23(28)27-12-10-26(11-13-27)15-22-25-20-8-4-5-9-21(20)29-22/h2-9,14H,10-13,15H2,1H3. The number of para-hydroxylation sites is 2. The highest BCUT2D eigenvalue weighted by molar-refractivity contribution is 7.18. The molecule has 146 valence electrons. The zero-order valence-corrected chi connectivity index (χ0v) is 17.2. The van der Waals surface area contributed by atoms with Gasteiger partial charge in [-0.05, 0) is 31.2 Å². The summed E-state index contributed by atoms with van der Waals surface area (Å²) in [6, 6.07) is 18.1. The van der Waals surface area contributed by atoms with Gasteiger partial charge in [0.15, 0.2) is 0 Å². The third kappa shape index (κ3) is 3.61. The van der Waals surface area contributed by atoms with Gasteiger partial charge in [-0.1, -0.05) is 30.3 Å². The maximum atomic E-state index is 13.2. The van der Waals surface area contributed by atoms with Crippen LogP contribution in [0, 0.1) is 6.92 Å². The number of carbonyl (C=O) groups is 1. The molecule has 0 bridgehead atoms.